The molecule has 4 rings (SSSR count). The summed E-state index contributed by atoms with van der Waals surface area (Å²) >= 11 is 0. The molecule has 6 heteroatoms. The number of nitrogens with zero attached hydrogens (tertiary/aromatic N) is 2. The first-order valence-electron chi connectivity index (χ1n) is 8.76. The Bertz CT molecular complexity index is 1120. The molecule has 0 fully saturated rings. The summed E-state index contributed by atoms with van der Waals surface area (Å²) in [6, 6.07) is 20.8. The number of ether oxygens (including phenoxy) is 1. The van der Waals surface area contributed by atoms with E-state index in [0.717, 1.165) is 22.3 Å². The SMILES string of the molecule is COc1cccc2c(NNC(=O)c3ccncc3)cc(-c3ccccc3)nc12. The monoisotopic (exact) mass is 370 g/mol. The second-order valence-electron chi connectivity index (χ2n) is 6.09. The summed E-state index contributed by atoms with van der Waals surface area (Å²) in [5.41, 5.74) is 9.47. The maximum atomic E-state index is 12.4. The van der Waals surface area contributed by atoms with E-state index in [1.165, 1.54) is 0 Å². The van der Waals surface area contributed by atoms with Gasteiger partial charge in [0, 0.05) is 28.9 Å². The van der Waals surface area contributed by atoms with Crippen LogP contribution >= 0.6 is 0 Å². The fourth-order valence-corrected chi connectivity index (χ4v) is 2.95. The number of hydrazine groups is 1. The lowest BCUT2D eigenvalue weighted by molar-refractivity contribution is 0.0962. The Labute approximate surface area is 162 Å². The number of fused-ring (bicyclic) bond motifs is 1. The molecule has 2 N–H and O–H groups in total. The van der Waals surface area contributed by atoms with Gasteiger partial charge in [0.1, 0.15) is 11.3 Å². The standard InChI is InChI=1S/C22H18N4O2/c1-28-20-9-5-8-17-19(25-26-22(27)16-10-12-23-13-11-16)14-18(24-21(17)20)15-6-3-2-4-7-15/h2-14H,1H3,(H,24,25)(H,26,27). The van der Waals surface area contributed by atoms with E-state index in [1.807, 2.05) is 54.6 Å². The lowest BCUT2D eigenvalue weighted by Crippen LogP contribution is -2.29. The van der Waals surface area contributed by atoms with Gasteiger partial charge in [0.05, 0.1) is 18.5 Å². The topological polar surface area (TPSA) is 76.1 Å². The first-order chi connectivity index (χ1) is 13.8. The van der Waals surface area contributed by atoms with Crippen molar-refractivity contribution in [3.63, 3.8) is 0 Å². The number of rotatable bonds is 5. The Balaban J connectivity index is 1.74. The summed E-state index contributed by atoms with van der Waals surface area (Å²) in [7, 11) is 1.62. The average Bonchev–Trinajstić information content (AvgIpc) is 2.77. The van der Waals surface area contributed by atoms with Crippen molar-refractivity contribution in [2.24, 2.45) is 0 Å². The molecule has 0 radical (unpaired) electrons. The zero-order valence-corrected chi connectivity index (χ0v) is 15.2. The first kappa shape index (κ1) is 17.5. The van der Waals surface area contributed by atoms with Gasteiger partial charge in [0.2, 0.25) is 0 Å². The number of anilines is 1. The minimum Gasteiger partial charge on any atom is -0.494 e. The number of pyridine rings is 2. The van der Waals surface area contributed by atoms with Gasteiger partial charge in [-0.2, -0.15) is 0 Å². The highest BCUT2D eigenvalue weighted by atomic mass is 16.5. The van der Waals surface area contributed by atoms with Gasteiger partial charge in [-0.05, 0) is 24.3 Å². The molecule has 0 saturated heterocycles. The molecule has 28 heavy (non-hydrogen) atoms. The van der Waals surface area contributed by atoms with E-state index in [-0.39, 0.29) is 5.91 Å². The van der Waals surface area contributed by atoms with Crippen LogP contribution < -0.4 is 15.6 Å². The molecular weight excluding hydrogens is 352 g/mol. The molecule has 0 aliphatic carbocycles. The molecule has 0 aliphatic rings. The summed E-state index contributed by atoms with van der Waals surface area (Å²) in [5, 5.41) is 0.842. The van der Waals surface area contributed by atoms with E-state index in [1.54, 1.807) is 31.6 Å². The van der Waals surface area contributed by atoms with Crippen molar-refractivity contribution in [1.29, 1.82) is 0 Å². The van der Waals surface area contributed by atoms with Crippen LogP contribution in [0, 0.1) is 0 Å². The fraction of sp³-hybridized carbons (Fsp3) is 0.0455. The van der Waals surface area contributed by atoms with Crippen LogP contribution in [0.2, 0.25) is 0 Å². The number of para-hydroxylation sites is 1. The quantitative estimate of drug-likeness (QED) is 0.518. The number of carbonyl (C=O) groups is 1. The third-order valence-electron chi connectivity index (χ3n) is 4.35. The second-order valence-corrected chi connectivity index (χ2v) is 6.09. The Morgan fingerprint density at radius 2 is 1.75 bits per heavy atom. The van der Waals surface area contributed by atoms with Crippen molar-refractivity contribution in [3.8, 4) is 17.0 Å². The van der Waals surface area contributed by atoms with E-state index < -0.39 is 0 Å². The minimum absolute atomic E-state index is 0.253. The lowest BCUT2D eigenvalue weighted by Gasteiger charge is -2.14. The fourth-order valence-electron chi connectivity index (χ4n) is 2.95. The van der Waals surface area contributed by atoms with Crippen molar-refractivity contribution in [3.05, 3.63) is 84.7 Å². The van der Waals surface area contributed by atoms with Crippen molar-refractivity contribution >= 4 is 22.5 Å². The summed E-state index contributed by atoms with van der Waals surface area (Å²) in [6.07, 6.45) is 3.16. The molecule has 0 spiro atoms. The maximum Gasteiger partial charge on any atom is 0.269 e. The number of hydrogen-bond donors (Lipinski definition) is 2. The number of carbonyl (C=O) groups excluding carboxylic acids is 1. The molecule has 6 nitrogen and oxygen atoms in total. The molecule has 0 unspecified atom stereocenters. The normalized spacial score (nSPS) is 10.5. The summed E-state index contributed by atoms with van der Waals surface area (Å²) < 4.78 is 5.48. The van der Waals surface area contributed by atoms with E-state index in [0.29, 0.717) is 16.8 Å². The molecule has 2 aromatic heterocycles. The van der Waals surface area contributed by atoms with Crippen LogP contribution in [0.4, 0.5) is 5.69 Å². The Morgan fingerprint density at radius 1 is 0.964 bits per heavy atom. The molecule has 4 aromatic rings. The molecule has 0 saturated carbocycles. The van der Waals surface area contributed by atoms with Crippen LogP contribution in [0.15, 0.2) is 79.1 Å². The highest BCUT2D eigenvalue weighted by molar-refractivity contribution is 5.99. The Kier molecular flexibility index (Phi) is 4.84. The number of nitrogens with one attached hydrogen (secondary N) is 2. The highest BCUT2D eigenvalue weighted by Gasteiger charge is 2.12. The van der Waals surface area contributed by atoms with Crippen LogP contribution in [0.1, 0.15) is 10.4 Å². The molecular formula is C22H18N4O2. The van der Waals surface area contributed by atoms with Gasteiger partial charge in [-0.1, -0.05) is 42.5 Å². The van der Waals surface area contributed by atoms with Gasteiger partial charge in [-0.25, -0.2) is 4.98 Å². The third kappa shape index (κ3) is 3.48. The minimum atomic E-state index is -0.253. The second kappa shape index (κ2) is 7.75. The van der Waals surface area contributed by atoms with Gasteiger partial charge in [0.25, 0.3) is 5.91 Å². The maximum absolute atomic E-state index is 12.4. The molecule has 2 heterocycles. The molecule has 0 atom stereocenters. The van der Waals surface area contributed by atoms with E-state index in [9.17, 15) is 4.79 Å². The van der Waals surface area contributed by atoms with Crippen molar-refractivity contribution in [1.82, 2.24) is 15.4 Å². The number of amides is 1. The number of methoxy groups -OCH3 is 1. The van der Waals surface area contributed by atoms with Crippen LogP contribution in [-0.2, 0) is 0 Å². The molecule has 1 amide bonds. The van der Waals surface area contributed by atoms with Crippen LogP contribution in [-0.4, -0.2) is 23.0 Å². The lowest BCUT2D eigenvalue weighted by atomic mass is 10.1. The molecule has 0 aliphatic heterocycles. The number of aromatic nitrogens is 2. The largest absolute Gasteiger partial charge is 0.494 e. The number of benzene rings is 2. The van der Waals surface area contributed by atoms with Gasteiger partial charge in [-0.15, -0.1) is 0 Å². The molecule has 2 aromatic carbocycles. The van der Waals surface area contributed by atoms with Gasteiger partial charge in [-0.3, -0.25) is 20.6 Å². The Hall–Kier alpha value is -3.93. The summed E-state index contributed by atoms with van der Waals surface area (Å²) in [4.78, 5) is 21.1. The highest BCUT2D eigenvalue weighted by Crippen LogP contribution is 2.32. The smallest absolute Gasteiger partial charge is 0.269 e. The van der Waals surface area contributed by atoms with Crippen molar-refractivity contribution in [2.75, 3.05) is 12.5 Å². The summed E-state index contributed by atoms with van der Waals surface area (Å²) in [6.45, 7) is 0. The van der Waals surface area contributed by atoms with Gasteiger partial charge < -0.3 is 4.74 Å². The predicted octanol–water partition coefficient (Wildman–Crippen LogP) is 4.06. The van der Waals surface area contributed by atoms with Crippen LogP contribution in [0.5, 0.6) is 5.75 Å². The van der Waals surface area contributed by atoms with E-state index >= 15 is 0 Å². The Morgan fingerprint density at radius 3 is 2.50 bits per heavy atom. The van der Waals surface area contributed by atoms with Crippen molar-refractivity contribution < 1.29 is 9.53 Å². The third-order valence-corrected chi connectivity index (χ3v) is 4.35. The summed E-state index contributed by atoms with van der Waals surface area (Å²) in [5.74, 6) is 0.412. The first-order valence-corrected chi connectivity index (χ1v) is 8.76. The zero-order chi connectivity index (χ0) is 19.3. The van der Waals surface area contributed by atoms with Crippen molar-refractivity contribution in [2.45, 2.75) is 0 Å². The molecule has 0 bridgehead atoms. The van der Waals surface area contributed by atoms with E-state index in [4.69, 9.17) is 9.72 Å². The van der Waals surface area contributed by atoms with Gasteiger partial charge in [0.15, 0.2) is 0 Å². The molecule has 138 valence electrons. The van der Waals surface area contributed by atoms with E-state index in [2.05, 4.69) is 15.8 Å². The zero-order valence-electron chi connectivity index (χ0n) is 15.2. The number of hydrogen-bond acceptors (Lipinski definition) is 5. The average molecular weight is 370 g/mol. The predicted molar refractivity (Wildman–Crippen MR) is 109 cm³/mol. The van der Waals surface area contributed by atoms with Crippen LogP contribution in [0.25, 0.3) is 22.2 Å². The van der Waals surface area contributed by atoms with Gasteiger partial charge >= 0.3 is 0 Å². The van der Waals surface area contributed by atoms with Crippen LogP contribution in [0.3, 0.4) is 0 Å².